The Bertz CT molecular complexity index is 578. The van der Waals surface area contributed by atoms with Crippen LogP contribution in [0.1, 0.15) is 20.8 Å². The molecule has 0 spiro atoms. The van der Waals surface area contributed by atoms with Gasteiger partial charge in [0.05, 0.1) is 5.69 Å². The van der Waals surface area contributed by atoms with Crippen molar-refractivity contribution < 1.29 is 14.3 Å². The van der Waals surface area contributed by atoms with Crippen LogP contribution >= 0.6 is 22.6 Å². The molecule has 1 fully saturated rings. The fraction of sp³-hybridized carbons (Fsp3) is 0.500. The maximum Gasteiger partial charge on any atom is 0.410 e. The van der Waals surface area contributed by atoms with E-state index in [4.69, 9.17) is 4.74 Å². The molecule has 1 N–H and O–H groups in total. The lowest BCUT2D eigenvalue weighted by molar-refractivity contribution is 0.0174. The number of hydrogen-bond acceptors (Lipinski definition) is 3. The van der Waals surface area contributed by atoms with Crippen molar-refractivity contribution in [3.63, 3.8) is 0 Å². The van der Waals surface area contributed by atoms with Crippen molar-refractivity contribution in [1.82, 2.24) is 9.80 Å². The molecule has 1 aromatic carbocycles. The van der Waals surface area contributed by atoms with Crippen LogP contribution < -0.4 is 5.32 Å². The molecule has 0 atom stereocenters. The average Bonchev–Trinajstić information content (AvgIpc) is 2.48. The molecule has 23 heavy (non-hydrogen) atoms. The van der Waals surface area contributed by atoms with Crippen LogP contribution in [0.4, 0.5) is 15.3 Å². The van der Waals surface area contributed by atoms with Gasteiger partial charge in [-0.1, -0.05) is 12.1 Å². The summed E-state index contributed by atoms with van der Waals surface area (Å²) in [5, 5.41) is 2.91. The summed E-state index contributed by atoms with van der Waals surface area (Å²) in [5.41, 5.74) is 0.294. The van der Waals surface area contributed by atoms with Gasteiger partial charge in [-0.25, -0.2) is 9.59 Å². The van der Waals surface area contributed by atoms with Crippen molar-refractivity contribution in [2.24, 2.45) is 0 Å². The Balaban J connectivity index is 1.85. The van der Waals surface area contributed by atoms with Gasteiger partial charge in [0, 0.05) is 29.7 Å². The van der Waals surface area contributed by atoms with Crippen molar-refractivity contribution in [3.05, 3.63) is 27.8 Å². The topological polar surface area (TPSA) is 61.9 Å². The van der Waals surface area contributed by atoms with E-state index in [9.17, 15) is 9.59 Å². The number of anilines is 1. The molecule has 0 unspecified atom stereocenters. The second-order valence-corrected chi connectivity index (χ2v) is 7.53. The van der Waals surface area contributed by atoms with Crippen molar-refractivity contribution in [1.29, 1.82) is 0 Å². The Kier molecular flexibility index (Phi) is 5.72. The van der Waals surface area contributed by atoms with E-state index >= 15 is 0 Å². The third kappa shape index (κ3) is 5.26. The minimum absolute atomic E-state index is 0.141. The number of amides is 3. The molecule has 1 heterocycles. The number of benzene rings is 1. The third-order valence-corrected chi connectivity index (χ3v) is 4.27. The summed E-state index contributed by atoms with van der Waals surface area (Å²) in [6.45, 7) is 7.48. The van der Waals surface area contributed by atoms with E-state index in [1.165, 1.54) is 0 Å². The monoisotopic (exact) mass is 431 g/mol. The van der Waals surface area contributed by atoms with Gasteiger partial charge in [0.1, 0.15) is 5.60 Å². The number of hydrogen-bond donors (Lipinski definition) is 1. The minimum atomic E-state index is -0.504. The number of ether oxygens (including phenoxy) is 1. The van der Waals surface area contributed by atoms with Crippen molar-refractivity contribution in [2.75, 3.05) is 31.5 Å². The Morgan fingerprint density at radius 2 is 1.65 bits per heavy atom. The standard InChI is InChI=1S/C16H22IN3O3/c1-16(2,3)23-15(22)20-10-8-19(9-11-20)14(21)18-13-7-5-4-6-12(13)17/h4-7H,8-11H2,1-3H3,(H,18,21). The highest BCUT2D eigenvalue weighted by Crippen LogP contribution is 2.18. The van der Waals surface area contributed by atoms with Gasteiger partial charge in [0.25, 0.3) is 0 Å². The van der Waals surface area contributed by atoms with Gasteiger partial charge in [0.2, 0.25) is 0 Å². The molecule has 3 amide bonds. The molecule has 7 heteroatoms. The van der Waals surface area contributed by atoms with Crippen LogP contribution in [-0.4, -0.2) is 53.7 Å². The fourth-order valence-corrected chi connectivity index (χ4v) is 2.70. The summed E-state index contributed by atoms with van der Waals surface area (Å²) in [6, 6.07) is 7.49. The molecular weight excluding hydrogens is 409 g/mol. The Morgan fingerprint density at radius 3 is 2.22 bits per heavy atom. The number of piperazine rings is 1. The van der Waals surface area contributed by atoms with Gasteiger partial charge < -0.3 is 19.9 Å². The molecule has 0 bridgehead atoms. The van der Waals surface area contributed by atoms with Crippen LogP contribution in [0.25, 0.3) is 0 Å². The molecule has 1 aliphatic heterocycles. The molecular formula is C16H22IN3O3. The molecule has 1 aliphatic rings. The summed E-state index contributed by atoms with van der Waals surface area (Å²) in [4.78, 5) is 27.7. The molecule has 0 aliphatic carbocycles. The molecule has 0 aromatic heterocycles. The molecule has 0 saturated carbocycles. The molecule has 126 valence electrons. The molecule has 2 rings (SSSR count). The second kappa shape index (κ2) is 7.37. The smallest absolute Gasteiger partial charge is 0.410 e. The number of para-hydroxylation sites is 1. The number of carbonyl (C=O) groups excluding carboxylic acids is 2. The van der Waals surface area contributed by atoms with Gasteiger partial charge in [-0.05, 0) is 55.5 Å². The zero-order valence-corrected chi connectivity index (χ0v) is 15.8. The van der Waals surface area contributed by atoms with Gasteiger partial charge in [-0.15, -0.1) is 0 Å². The van der Waals surface area contributed by atoms with Crippen LogP contribution in [0.3, 0.4) is 0 Å². The zero-order valence-electron chi connectivity index (χ0n) is 13.6. The maximum atomic E-state index is 12.3. The summed E-state index contributed by atoms with van der Waals surface area (Å²) in [5.74, 6) is 0. The van der Waals surface area contributed by atoms with Crippen molar-refractivity contribution in [2.45, 2.75) is 26.4 Å². The third-order valence-electron chi connectivity index (χ3n) is 3.33. The van der Waals surface area contributed by atoms with Crippen LogP contribution in [0.2, 0.25) is 0 Å². The van der Waals surface area contributed by atoms with E-state index in [0.717, 1.165) is 9.26 Å². The lowest BCUT2D eigenvalue weighted by Crippen LogP contribution is -2.52. The van der Waals surface area contributed by atoms with Crippen LogP contribution in [0.5, 0.6) is 0 Å². The van der Waals surface area contributed by atoms with E-state index in [1.807, 2.05) is 45.0 Å². The Morgan fingerprint density at radius 1 is 1.09 bits per heavy atom. The molecule has 1 aromatic rings. The van der Waals surface area contributed by atoms with Crippen molar-refractivity contribution in [3.8, 4) is 0 Å². The first-order valence-electron chi connectivity index (χ1n) is 7.54. The normalized spacial score (nSPS) is 15.3. The van der Waals surface area contributed by atoms with E-state index < -0.39 is 5.60 Å². The first-order chi connectivity index (χ1) is 10.8. The van der Waals surface area contributed by atoms with Crippen LogP contribution in [0, 0.1) is 3.57 Å². The lowest BCUT2D eigenvalue weighted by atomic mass is 10.2. The highest BCUT2D eigenvalue weighted by molar-refractivity contribution is 14.1. The number of rotatable bonds is 1. The van der Waals surface area contributed by atoms with Gasteiger partial charge >= 0.3 is 12.1 Å². The SMILES string of the molecule is CC(C)(C)OC(=O)N1CCN(C(=O)Nc2ccccc2I)CC1. The number of urea groups is 1. The maximum absolute atomic E-state index is 12.3. The number of halogens is 1. The van der Waals surface area contributed by atoms with E-state index in [1.54, 1.807) is 9.80 Å². The highest BCUT2D eigenvalue weighted by atomic mass is 127. The quantitative estimate of drug-likeness (QED) is 0.694. The molecule has 1 saturated heterocycles. The average molecular weight is 431 g/mol. The predicted molar refractivity (Wildman–Crippen MR) is 97.6 cm³/mol. The first-order valence-corrected chi connectivity index (χ1v) is 8.62. The number of nitrogens with zero attached hydrogens (tertiary/aromatic N) is 2. The fourth-order valence-electron chi connectivity index (χ4n) is 2.18. The lowest BCUT2D eigenvalue weighted by Gasteiger charge is -2.35. The van der Waals surface area contributed by atoms with Gasteiger partial charge in [-0.2, -0.15) is 0 Å². The zero-order chi connectivity index (χ0) is 17.0. The largest absolute Gasteiger partial charge is 0.444 e. The Labute approximate surface area is 150 Å². The second-order valence-electron chi connectivity index (χ2n) is 6.36. The summed E-state index contributed by atoms with van der Waals surface area (Å²) in [6.07, 6.45) is -0.324. The predicted octanol–water partition coefficient (Wildman–Crippen LogP) is 3.38. The molecule has 0 radical (unpaired) electrons. The minimum Gasteiger partial charge on any atom is -0.444 e. The van der Waals surface area contributed by atoms with Crippen molar-refractivity contribution >= 4 is 40.4 Å². The summed E-state index contributed by atoms with van der Waals surface area (Å²) >= 11 is 2.19. The Hall–Kier alpha value is -1.51. The van der Waals surface area contributed by atoms with Crippen LogP contribution in [0.15, 0.2) is 24.3 Å². The number of nitrogens with one attached hydrogen (secondary N) is 1. The van der Waals surface area contributed by atoms with Gasteiger partial charge in [-0.3, -0.25) is 0 Å². The van der Waals surface area contributed by atoms with Crippen LogP contribution in [-0.2, 0) is 4.74 Å². The van der Waals surface area contributed by atoms with Gasteiger partial charge in [0.15, 0.2) is 0 Å². The summed E-state index contributed by atoms with van der Waals surface area (Å²) in [7, 11) is 0. The van der Waals surface area contributed by atoms with E-state index in [-0.39, 0.29) is 12.1 Å². The highest BCUT2D eigenvalue weighted by Gasteiger charge is 2.27. The molecule has 6 nitrogen and oxygen atoms in total. The summed E-state index contributed by atoms with van der Waals surface area (Å²) < 4.78 is 6.34. The first kappa shape index (κ1) is 17.8. The van der Waals surface area contributed by atoms with E-state index in [0.29, 0.717) is 26.2 Å². The number of carbonyl (C=O) groups is 2. The van der Waals surface area contributed by atoms with E-state index in [2.05, 4.69) is 27.9 Å².